The number of nitrogens with zero attached hydrogens (tertiary/aromatic N) is 4. The van der Waals surface area contributed by atoms with Crippen LogP contribution < -0.4 is 11.1 Å². The van der Waals surface area contributed by atoms with Crippen LogP contribution >= 0.6 is 11.7 Å². The smallest absolute Gasteiger partial charge is 0.244 e. The summed E-state index contributed by atoms with van der Waals surface area (Å²) in [6, 6.07) is 5.72. The van der Waals surface area contributed by atoms with Crippen LogP contribution in [-0.2, 0) is 11.3 Å². The Morgan fingerprint density at radius 3 is 2.82 bits per heavy atom. The quantitative estimate of drug-likeness (QED) is 0.705. The van der Waals surface area contributed by atoms with Crippen molar-refractivity contribution >= 4 is 40.7 Å². The number of hydrogen-bond acceptors (Lipinski definition) is 7. The van der Waals surface area contributed by atoms with E-state index in [0.29, 0.717) is 12.1 Å². The second-order valence-corrected chi connectivity index (χ2v) is 5.04. The molecular weight excluding hydrogens is 300 g/mol. The molecule has 3 rings (SSSR count). The minimum atomic E-state index is -0.201. The van der Waals surface area contributed by atoms with Crippen LogP contribution in [0.2, 0.25) is 0 Å². The Balaban J connectivity index is 1.58. The summed E-state index contributed by atoms with van der Waals surface area (Å²) in [7, 11) is 0. The fourth-order valence-corrected chi connectivity index (χ4v) is 2.31. The SMILES string of the molecule is Nc1ncc(C=CC(=O)NCc2ccc3nsnc3c2)cn1. The Labute approximate surface area is 130 Å². The van der Waals surface area contributed by atoms with Crippen molar-refractivity contribution in [3.05, 3.63) is 47.8 Å². The molecule has 0 aliphatic heterocycles. The van der Waals surface area contributed by atoms with E-state index in [1.165, 1.54) is 17.8 Å². The highest BCUT2D eigenvalue weighted by atomic mass is 32.1. The van der Waals surface area contributed by atoms with Gasteiger partial charge in [-0.3, -0.25) is 4.79 Å². The summed E-state index contributed by atoms with van der Waals surface area (Å²) in [4.78, 5) is 19.5. The van der Waals surface area contributed by atoms with Crippen molar-refractivity contribution in [1.29, 1.82) is 0 Å². The van der Waals surface area contributed by atoms with Crippen molar-refractivity contribution in [2.45, 2.75) is 6.54 Å². The lowest BCUT2D eigenvalue weighted by atomic mass is 10.2. The zero-order valence-electron chi connectivity index (χ0n) is 11.4. The van der Waals surface area contributed by atoms with Gasteiger partial charge in [-0.2, -0.15) is 8.75 Å². The molecule has 110 valence electrons. The van der Waals surface area contributed by atoms with E-state index < -0.39 is 0 Å². The molecule has 3 aromatic rings. The number of carbonyl (C=O) groups excluding carboxylic acids is 1. The average molecular weight is 312 g/mol. The minimum absolute atomic E-state index is 0.201. The van der Waals surface area contributed by atoms with E-state index in [4.69, 9.17) is 5.73 Å². The molecule has 0 atom stereocenters. The molecule has 2 aromatic heterocycles. The van der Waals surface area contributed by atoms with E-state index in [1.807, 2.05) is 18.2 Å². The first-order chi connectivity index (χ1) is 10.7. The first kappa shape index (κ1) is 14.1. The van der Waals surface area contributed by atoms with Gasteiger partial charge in [-0.05, 0) is 23.8 Å². The summed E-state index contributed by atoms with van der Waals surface area (Å²) in [6.45, 7) is 0.425. The number of fused-ring (bicyclic) bond motifs is 1. The third-order valence-electron chi connectivity index (χ3n) is 2.90. The standard InChI is InChI=1S/C14H12N6OS/c15-14-17-7-10(8-18-14)2-4-13(21)16-6-9-1-3-11-12(5-9)20-22-19-11/h1-5,7-8H,6H2,(H,16,21)(H2,15,17,18). The van der Waals surface area contributed by atoms with Crippen LogP contribution in [0.1, 0.15) is 11.1 Å². The van der Waals surface area contributed by atoms with Gasteiger partial charge in [0.05, 0.1) is 11.7 Å². The second kappa shape index (κ2) is 6.27. The molecule has 22 heavy (non-hydrogen) atoms. The van der Waals surface area contributed by atoms with Crippen LogP contribution in [0, 0.1) is 0 Å². The number of rotatable bonds is 4. The molecule has 0 saturated heterocycles. The number of nitrogen functional groups attached to an aromatic ring is 1. The van der Waals surface area contributed by atoms with Gasteiger partial charge >= 0.3 is 0 Å². The third kappa shape index (κ3) is 3.41. The van der Waals surface area contributed by atoms with Gasteiger partial charge in [0.1, 0.15) is 11.0 Å². The minimum Gasteiger partial charge on any atom is -0.368 e. The van der Waals surface area contributed by atoms with E-state index in [1.54, 1.807) is 18.5 Å². The summed E-state index contributed by atoms with van der Waals surface area (Å²) in [5, 5.41) is 2.80. The third-order valence-corrected chi connectivity index (χ3v) is 3.46. The van der Waals surface area contributed by atoms with Crippen molar-refractivity contribution < 1.29 is 4.79 Å². The van der Waals surface area contributed by atoms with Gasteiger partial charge in [-0.1, -0.05) is 6.07 Å². The molecule has 0 unspecified atom stereocenters. The Bertz CT molecular complexity index is 827. The van der Waals surface area contributed by atoms with Gasteiger partial charge in [0.2, 0.25) is 11.9 Å². The van der Waals surface area contributed by atoms with Crippen LogP contribution in [0.15, 0.2) is 36.7 Å². The summed E-state index contributed by atoms with van der Waals surface area (Å²) < 4.78 is 8.30. The van der Waals surface area contributed by atoms with Crippen molar-refractivity contribution in [2.24, 2.45) is 0 Å². The predicted octanol–water partition coefficient (Wildman–Crippen LogP) is 1.39. The van der Waals surface area contributed by atoms with Crippen LogP contribution in [0.5, 0.6) is 0 Å². The van der Waals surface area contributed by atoms with Gasteiger partial charge in [0.25, 0.3) is 0 Å². The first-order valence-electron chi connectivity index (χ1n) is 6.45. The van der Waals surface area contributed by atoms with E-state index in [-0.39, 0.29) is 11.9 Å². The summed E-state index contributed by atoms with van der Waals surface area (Å²) in [6.07, 6.45) is 6.16. The Kier molecular flexibility index (Phi) is 4.01. The van der Waals surface area contributed by atoms with Gasteiger partial charge in [-0.25, -0.2) is 9.97 Å². The normalized spacial score (nSPS) is 11.1. The summed E-state index contributed by atoms with van der Waals surface area (Å²) >= 11 is 1.17. The van der Waals surface area contributed by atoms with Gasteiger partial charge < -0.3 is 11.1 Å². The molecule has 3 N–H and O–H groups in total. The molecule has 0 aliphatic rings. The maximum Gasteiger partial charge on any atom is 0.244 e. The fourth-order valence-electron chi connectivity index (χ4n) is 1.79. The van der Waals surface area contributed by atoms with E-state index >= 15 is 0 Å². The zero-order chi connectivity index (χ0) is 15.4. The van der Waals surface area contributed by atoms with Crippen molar-refractivity contribution in [3.63, 3.8) is 0 Å². The molecule has 0 aliphatic carbocycles. The number of aromatic nitrogens is 4. The molecule has 1 aromatic carbocycles. The number of hydrogen-bond donors (Lipinski definition) is 2. The first-order valence-corrected chi connectivity index (χ1v) is 7.18. The number of nitrogens with one attached hydrogen (secondary N) is 1. The fraction of sp³-hybridized carbons (Fsp3) is 0.0714. The molecule has 1 amide bonds. The molecular formula is C14H12N6OS. The monoisotopic (exact) mass is 312 g/mol. The number of anilines is 1. The van der Waals surface area contributed by atoms with Gasteiger partial charge in [-0.15, -0.1) is 0 Å². The highest BCUT2D eigenvalue weighted by molar-refractivity contribution is 7.00. The number of benzene rings is 1. The van der Waals surface area contributed by atoms with Crippen LogP contribution in [0.3, 0.4) is 0 Å². The Morgan fingerprint density at radius 2 is 2.00 bits per heavy atom. The second-order valence-electron chi connectivity index (χ2n) is 4.51. The lowest BCUT2D eigenvalue weighted by Gasteiger charge is -2.02. The molecule has 7 nitrogen and oxygen atoms in total. The largest absolute Gasteiger partial charge is 0.368 e. The maximum absolute atomic E-state index is 11.8. The molecule has 0 spiro atoms. The van der Waals surface area contributed by atoms with Crippen molar-refractivity contribution in [1.82, 2.24) is 24.0 Å². The Hall–Kier alpha value is -2.87. The number of carbonyl (C=O) groups is 1. The highest BCUT2D eigenvalue weighted by Crippen LogP contribution is 2.13. The summed E-state index contributed by atoms with van der Waals surface area (Å²) in [5.41, 5.74) is 8.77. The van der Waals surface area contributed by atoms with Crippen molar-refractivity contribution in [3.8, 4) is 0 Å². The van der Waals surface area contributed by atoms with Crippen LogP contribution in [0.4, 0.5) is 5.95 Å². The average Bonchev–Trinajstić information content (AvgIpc) is 3.00. The van der Waals surface area contributed by atoms with Crippen molar-refractivity contribution in [2.75, 3.05) is 5.73 Å². The zero-order valence-corrected chi connectivity index (χ0v) is 12.2. The topological polar surface area (TPSA) is 107 Å². The predicted molar refractivity (Wildman–Crippen MR) is 84.7 cm³/mol. The molecule has 8 heteroatoms. The molecule has 2 heterocycles. The Morgan fingerprint density at radius 1 is 1.23 bits per heavy atom. The lowest BCUT2D eigenvalue weighted by molar-refractivity contribution is -0.116. The summed E-state index contributed by atoms with van der Waals surface area (Å²) in [5.74, 6) is 0.00171. The van der Waals surface area contributed by atoms with E-state index in [0.717, 1.165) is 16.6 Å². The molecule has 0 saturated carbocycles. The molecule has 0 radical (unpaired) electrons. The van der Waals surface area contributed by atoms with E-state index in [9.17, 15) is 4.79 Å². The van der Waals surface area contributed by atoms with E-state index in [2.05, 4.69) is 24.0 Å². The van der Waals surface area contributed by atoms with Crippen LogP contribution in [-0.4, -0.2) is 24.6 Å². The van der Waals surface area contributed by atoms with Crippen LogP contribution in [0.25, 0.3) is 17.1 Å². The number of amides is 1. The lowest BCUT2D eigenvalue weighted by Crippen LogP contribution is -2.20. The maximum atomic E-state index is 11.8. The number of nitrogens with two attached hydrogens (primary N) is 1. The van der Waals surface area contributed by atoms with Gasteiger partial charge in [0.15, 0.2) is 0 Å². The molecule has 0 bridgehead atoms. The molecule has 0 fully saturated rings. The van der Waals surface area contributed by atoms with Gasteiger partial charge in [0, 0.05) is 30.6 Å². The highest BCUT2D eigenvalue weighted by Gasteiger charge is 2.01.